The van der Waals surface area contributed by atoms with Gasteiger partial charge in [0.15, 0.2) is 0 Å². The van der Waals surface area contributed by atoms with Gasteiger partial charge in [0.2, 0.25) is 0 Å². The summed E-state index contributed by atoms with van der Waals surface area (Å²) in [4.78, 5) is 28.0. The van der Waals surface area contributed by atoms with Crippen LogP contribution in [0.4, 0.5) is 0 Å². The Morgan fingerprint density at radius 1 is 1.12 bits per heavy atom. The Balaban J connectivity index is 1.54. The number of nitrogens with zero attached hydrogens (tertiary/aromatic N) is 1. The summed E-state index contributed by atoms with van der Waals surface area (Å²) in [7, 11) is 0. The molecule has 1 amide bonds. The van der Waals surface area contributed by atoms with Crippen molar-refractivity contribution in [3.8, 4) is 0 Å². The number of carbonyl (C=O) groups excluding carboxylic acids is 2. The van der Waals surface area contributed by atoms with Crippen molar-refractivity contribution in [1.29, 1.82) is 0 Å². The lowest BCUT2D eigenvalue weighted by molar-refractivity contribution is -0.143. The summed E-state index contributed by atoms with van der Waals surface area (Å²) in [6.07, 6.45) is 2.35. The third-order valence-electron chi connectivity index (χ3n) is 3.74. The lowest BCUT2D eigenvalue weighted by Gasteiger charge is -2.07. The van der Waals surface area contributed by atoms with Gasteiger partial charge >= 0.3 is 5.97 Å². The molecule has 0 aliphatic rings. The van der Waals surface area contributed by atoms with Crippen molar-refractivity contribution in [3.05, 3.63) is 64.4 Å². The fraction of sp³-hybridized carbons (Fsp3) is 0.350. The molecule has 0 bridgehead atoms. The van der Waals surface area contributed by atoms with Crippen LogP contribution in [0.1, 0.15) is 41.0 Å². The average Bonchev–Trinajstić information content (AvgIpc) is 2.63. The summed E-state index contributed by atoms with van der Waals surface area (Å²) in [5.74, 6) is -0.427. The fourth-order valence-electron chi connectivity index (χ4n) is 2.39. The van der Waals surface area contributed by atoms with E-state index in [0.29, 0.717) is 30.2 Å². The molecule has 1 aromatic heterocycles. The SMILES string of the molecule is Cc1cccc(CCCOC(=O)CCCNC(=O)c2ccc(Cl)cc2)n1. The van der Waals surface area contributed by atoms with E-state index < -0.39 is 0 Å². The van der Waals surface area contributed by atoms with E-state index >= 15 is 0 Å². The number of hydrogen-bond acceptors (Lipinski definition) is 4. The van der Waals surface area contributed by atoms with Gasteiger partial charge in [-0.15, -0.1) is 0 Å². The molecule has 1 N–H and O–H groups in total. The normalized spacial score (nSPS) is 10.4. The van der Waals surface area contributed by atoms with Crippen LogP contribution in [0.5, 0.6) is 0 Å². The van der Waals surface area contributed by atoms with Crippen LogP contribution in [0.3, 0.4) is 0 Å². The van der Waals surface area contributed by atoms with E-state index in [1.165, 1.54) is 0 Å². The zero-order valence-electron chi connectivity index (χ0n) is 14.8. The van der Waals surface area contributed by atoms with E-state index in [0.717, 1.165) is 24.2 Å². The number of benzene rings is 1. The van der Waals surface area contributed by atoms with Crippen LogP contribution in [0, 0.1) is 6.92 Å². The molecule has 2 aromatic rings. The first-order valence-electron chi connectivity index (χ1n) is 8.66. The maximum Gasteiger partial charge on any atom is 0.305 e. The topological polar surface area (TPSA) is 68.3 Å². The van der Waals surface area contributed by atoms with Crippen molar-refractivity contribution >= 4 is 23.5 Å². The van der Waals surface area contributed by atoms with Crippen LogP contribution in [-0.4, -0.2) is 30.0 Å². The van der Waals surface area contributed by atoms with Gasteiger partial charge in [-0.3, -0.25) is 14.6 Å². The minimum Gasteiger partial charge on any atom is -0.466 e. The van der Waals surface area contributed by atoms with E-state index in [1.54, 1.807) is 24.3 Å². The zero-order chi connectivity index (χ0) is 18.8. The van der Waals surface area contributed by atoms with Crippen molar-refractivity contribution in [3.63, 3.8) is 0 Å². The van der Waals surface area contributed by atoms with E-state index in [-0.39, 0.29) is 18.3 Å². The first-order chi connectivity index (χ1) is 12.5. The molecular formula is C20H23ClN2O3. The van der Waals surface area contributed by atoms with Crippen LogP contribution in [-0.2, 0) is 16.0 Å². The maximum atomic E-state index is 11.9. The molecule has 0 saturated heterocycles. The van der Waals surface area contributed by atoms with Gasteiger partial charge in [-0.05, 0) is 62.6 Å². The van der Waals surface area contributed by atoms with Gasteiger partial charge < -0.3 is 10.1 Å². The molecular weight excluding hydrogens is 352 g/mol. The third kappa shape index (κ3) is 7.23. The Kier molecular flexibility index (Phi) is 8.09. The van der Waals surface area contributed by atoms with E-state index in [9.17, 15) is 9.59 Å². The molecule has 5 nitrogen and oxygen atoms in total. The second-order valence-corrected chi connectivity index (χ2v) is 6.40. The second kappa shape index (κ2) is 10.6. The van der Waals surface area contributed by atoms with E-state index in [2.05, 4.69) is 10.3 Å². The number of hydrogen-bond donors (Lipinski definition) is 1. The van der Waals surface area contributed by atoms with Gasteiger partial charge in [-0.25, -0.2) is 0 Å². The number of amides is 1. The van der Waals surface area contributed by atoms with Crippen LogP contribution in [0.15, 0.2) is 42.5 Å². The van der Waals surface area contributed by atoms with E-state index in [1.807, 2.05) is 25.1 Å². The van der Waals surface area contributed by atoms with Crippen molar-refractivity contribution < 1.29 is 14.3 Å². The van der Waals surface area contributed by atoms with Crippen molar-refractivity contribution in [2.24, 2.45) is 0 Å². The number of halogens is 1. The molecule has 0 fully saturated rings. The van der Waals surface area contributed by atoms with Crippen LogP contribution < -0.4 is 5.32 Å². The van der Waals surface area contributed by atoms with Crippen LogP contribution >= 0.6 is 11.6 Å². The first-order valence-corrected chi connectivity index (χ1v) is 9.04. The number of pyridine rings is 1. The summed E-state index contributed by atoms with van der Waals surface area (Å²) in [5, 5.41) is 3.36. The van der Waals surface area contributed by atoms with Gasteiger partial charge in [0.1, 0.15) is 0 Å². The minimum atomic E-state index is -0.247. The molecule has 0 radical (unpaired) electrons. The molecule has 26 heavy (non-hydrogen) atoms. The lowest BCUT2D eigenvalue weighted by Crippen LogP contribution is -2.25. The summed E-state index contributed by atoms with van der Waals surface area (Å²) >= 11 is 5.79. The standard InChI is InChI=1S/C20H23ClN2O3/c1-15-5-2-6-18(23-15)7-4-14-26-19(24)8-3-13-22-20(25)16-9-11-17(21)12-10-16/h2,5-6,9-12H,3-4,7-8,13-14H2,1H3,(H,22,25). The molecule has 0 aliphatic carbocycles. The van der Waals surface area contributed by atoms with Gasteiger partial charge in [0, 0.05) is 34.9 Å². The molecule has 2 rings (SSSR count). The smallest absolute Gasteiger partial charge is 0.305 e. The number of rotatable bonds is 9. The fourth-order valence-corrected chi connectivity index (χ4v) is 2.51. The minimum absolute atomic E-state index is 0.180. The molecule has 1 heterocycles. The second-order valence-electron chi connectivity index (χ2n) is 5.96. The Hall–Kier alpha value is -2.40. The maximum absolute atomic E-state index is 11.9. The average molecular weight is 375 g/mol. The monoisotopic (exact) mass is 374 g/mol. The molecule has 0 spiro atoms. The van der Waals surface area contributed by atoms with Gasteiger partial charge in [0.05, 0.1) is 6.61 Å². The lowest BCUT2D eigenvalue weighted by atomic mass is 10.2. The van der Waals surface area contributed by atoms with Crippen molar-refractivity contribution in [2.45, 2.75) is 32.6 Å². The summed E-state index contributed by atoms with van der Waals surface area (Å²) in [5.41, 5.74) is 2.54. The Bertz CT molecular complexity index is 732. The summed E-state index contributed by atoms with van der Waals surface area (Å²) in [6.45, 7) is 2.75. The molecule has 0 saturated carbocycles. The number of nitrogens with one attached hydrogen (secondary N) is 1. The highest BCUT2D eigenvalue weighted by Gasteiger charge is 2.06. The predicted octanol–water partition coefficient (Wildman–Crippen LogP) is 3.73. The van der Waals surface area contributed by atoms with E-state index in [4.69, 9.17) is 16.3 Å². The Morgan fingerprint density at radius 2 is 1.88 bits per heavy atom. The number of esters is 1. The Morgan fingerprint density at radius 3 is 2.62 bits per heavy atom. The molecule has 0 aliphatic heterocycles. The van der Waals surface area contributed by atoms with Crippen molar-refractivity contribution in [1.82, 2.24) is 10.3 Å². The highest BCUT2D eigenvalue weighted by atomic mass is 35.5. The van der Waals surface area contributed by atoms with Crippen LogP contribution in [0.25, 0.3) is 0 Å². The quantitative estimate of drug-likeness (QED) is 0.536. The highest BCUT2D eigenvalue weighted by molar-refractivity contribution is 6.30. The third-order valence-corrected chi connectivity index (χ3v) is 3.99. The molecule has 6 heteroatoms. The zero-order valence-corrected chi connectivity index (χ0v) is 15.6. The molecule has 0 unspecified atom stereocenters. The highest BCUT2D eigenvalue weighted by Crippen LogP contribution is 2.09. The van der Waals surface area contributed by atoms with Gasteiger partial charge in [-0.2, -0.15) is 0 Å². The van der Waals surface area contributed by atoms with Crippen molar-refractivity contribution in [2.75, 3.05) is 13.2 Å². The number of carbonyl (C=O) groups is 2. The molecule has 0 atom stereocenters. The Labute approximate surface area is 158 Å². The number of ether oxygens (including phenoxy) is 1. The summed E-state index contributed by atoms with van der Waals surface area (Å²) < 4.78 is 5.20. The van der Waals surface area contributed by atoms with Crippen LogP contribution in [0.2, 0.25) is 5.02 Å². The molecule has 138 valence electrons. The predicted molar refractivity (Wildman–Crippen MR) is 101 cm³/mol. The molecule has 1 aromatic carbocycles. The van der Waals surface area contributed by atoms with Gasteiger partial charge in [-0.1, -0.05) is 17.7 Å². The largest absolute Gasteiger partial charge is 0.466 e. The first kappa shape index (κ1) is 19.9. The number of aromatic nitrogens is 1. The van der Waals surface area contributed by atoms with Gasteiger partial charge in [0.25, 0.3) is 5.91 Å². The summed E-state index contributed by atoms with van der Waals surface area (Å²) in [6, 6.07) is 12.6. The number of aryl methyl sites for hydroxylation is 2.